The van der Waals surface area contributed by atoms with Gasteiger partial charge >= 0.3 is 0 Å². The first-order valence-corrected chi connectivity index (χ1v) is 3.51. The highest BCUT2D eigenvalue weighted by Crippen LogP contribution is 1.85. The lowest BCUT2D eigenvalue weighted by atomic mass is 10.4. The Bertz CT molecular complexity index is 91.3. The summed E-state index contributed by atoms with van der Waals surface area (Å²) in [5, 5.41) is 0. The van der Waals surface area contributed by atoms with E-state index in [-0.39, 0.29) is 5.75 Å². The van der Waals surface area contributed by atoms with Gasteiger partial charge in [-0.1, -0.05) is 11.1 Å². The zero-order valence-corrected chi connectivity index (χ0v) is 5.15. The molecular weight excluding hydrogens is 128 g/mol. The molecule has 0 saturated heterocycles. The molecule has 0 heterocycles. The molecule has 1 unspecified atom stereocenters. The van der Waals surface area contributed by atoms with Gasteiger partial charge in [-0.05, 0) is 6.42 Å². The van der Waals surface area contributed by atoms with Gasteiger partial charge in [0.05, 0.1) is 0 Å². The Morgan fingerprint density at radius 2 is 2.25 bits per heavy atom. The topological polar surface area (TPSA) is 57.2 Å². The second-order valence-corrected chi connectivity index (χ2v) is 2.33. The van der Waals surface area contributed by atoms with E-state index in [2.05, 4.69) is 0 Å². The average Bonchev–Trinajstić information content (AvgIpc) is 1.66. The molecule has 1 atom stereocenters. The molecule has 4 heteroatoms. The lowest BCUT2D eigenvalue weighted by Gasteiger charge is -1.99. The Morgan fingerprint density at radius 3 is 2.62 bits per heavy atom. The lowest BCUT2D eigenvalue weighted by Crippen LogP contribution is -1.94. The molecule has 0 fully saturated rings. The van der Waals surface area contributed by atoms with Crippen molar-refractivity contribution in [2.75, 3.05) is 5.75 Å². The van der Waals surface area contributed by atoms with Crippen molar-refractivity contribution in [3.63, 3.8) is 0 Å². The van der Waals surface area contributed by atoms with Crippen LogP contribution in [-0.2, 0) is 15.9 Å². The maximum Gasteiger partial charge on any atom is 0.120 e. The van der Waals surface area contributed by atoms with Crippen LogP contribution in [-0.4, -0.2) is 20.8 Å². The Kier molecular flexibility index (Phi) is 4.79. The van der Waals surface area contributed by atoms with E-state index < -0.39 is 11.1 Å². The van der Waals surface area contributed by atoms with Crippen LogP contribution in [0.5, 0.6) is 0 Å². The van der Waals surface area contributed by atoms with Gasteiger partial charge in [-0.25, -0.2) is 0 Å². The van der Waals surface area contributed by atoms with E-state index in [9.17, 15) is 13.6 Å². The molecule has 0 rings (SSSR count). The summed E-state index contributed by atoms with van der Waals surface area (Å²) >= 11 is -1.98. The highest BCUT2D eigenvalue weighted by Gasteiger charge is 1.83. The van der Waals surface area contributed by atoms with Gasteiger partial charge in [0.25, 0.3) is 0 Å². The average molecular weight is 135 g/mol. The van der Waals surface area contributed by atoms with Gasteiger partial charge in [0, 0.05) is 12.2 Å². The van der Waals surface area contributed by atoms with Gasteiger partial charge in [-0.3, -0.25) is 4.21 Å². The highest BCUT2D eigenvalue weighted by atomic mass is 32.2. The van der Waals surface area contributed by atoms with Crippen molar-refractivity contribution >= 4 is 17.4 Å². The summed E-state index contributed by atoms with van der Waals surface area (Å²) in [7, 11) is 0. The van der Waals surface area contributed by atoms with Gasteiger partial charge < -0.3 is 9.35 Å². The quantitative estimate of drug-likeness (QED) is 0.306. The number of rotatable bonds is 4. The number of aldehydes is 1. The normalized spacial score (nSPS) is 13.1. The fourth-order valence-corrected chi connectivity index (χ4v) is 0.687. The van der Waals surface area contributed by atoms with Crippen LogP contribution in [0.3, 0.4) is 0 Å². The third kappa shape index (κ3) is 5.78. The third-order valence-electron chi connectivity index (χ3n) is 0.633. The minimum absolute atomic E-state index is 0.0960. The fourth-order valence-electron chi connectivity index (χ4n) is 0.285. The molecule has 0 aromatic rings. The standard InChI is InChI=1S/C4H8O3S/c5-3-1-2-4-8(6)7/h3H,1-2,4H2,(H,6,7)/p-1. The van der Waals surface area contributed by atoms with Gasteiger partial charge in [0.1, 0.15) is 6.29 Å². The maximum absolute atomic E-state index is 9.76. The van der Waals surface area contributed by atoms with Crippen molar-refractivity contribution in [3.05, 3.63) is 0 Å². The van der Waals surface area contributed by atoms with Crippen LogP contribution in [0.25, 0.3) is 0 Å². The summed E-state index contributed by atoms with van der Waals surface area (Å²) in [6, 6.07) is 0. The number of carbonyl (C=O) groups excluding carboxylic acids is 1. The molecule has 0 N–H and O–H groups in total. The molecule has 0 aromatic carbocycles. The van der Waals surface area contributed by atoms with E-state index in [4.69, 9.17) is 0 Å². The minimum Gasteiger partial charge on any atom is -0.772 e. The highest BCUT2D eigenvalue weighted by molar-refractivity contribution is 7.79. The lowest BCUT2D eigenvalue weighted by molar-refractivity contribution is -0.107. The van der Waals surface area contributed by atoms with Crippen molar-refractivity contribution in [2.45, 2.75) is 12.8 Å². The zero-order valence-electron chi connectivity index (χ0n) is 4.33. The minimum atomic E-state index is -1.98. The molecule has 3 nitrogen and oxygen atoms in total. The molecule has 0 saturated carbocycles. The predicted octanol–water partition coefficient (Wildman–Crippen LogP) is -0.155. The first-order valence-electron chi connectivity index (χ1n) is 2.27. The van der Waals surface area contributed by atoms with E-state index in [0.29, 0.717) is 19.1 Å². The van der Waals surface area contributed by atoms with Crippen molar-refractivity contribution < 1.29 is 13.6 Å². The molecule has 0 aliphatic rings. The van der Waals surface area contributed by atoms with E-state index in [1.165, 1.54) is 0 Å². The van der Waals surface area contributed by atoms with Gasteiger partial charge in [-0.2, -0.15) is 0 Å². The molecule has 0 amide bonds. The maximum atomic E-state index is 9.76. The molecule has 0 aliphatic heterocycles. The summed E-state index contributed by atoms with van der Waals surface area (Å²) in [6.07, 6.45) is 1.50. The summed E-state index contributed by atoms with van der Waals surface area (Å²) < 4.78 is 19.5. The van der Waals surface area contributed by atoms with Crippen LogP contribution in [0.1, 0.15) is 12.8 Å². The molecule has 0 radical (unpaired) electrons. The number of hydrogen-bond donors (Lipinski definition) is 0. The van der Waals surface area contributed by atoms with Gasteiger partial charge in [0.15, 0.2) is 0 Å². The van der Waals surface area contributed by atoms with Crippen LogP contribution < -0.4 is 0 Å². The van der Waals surface area contributed by atoms with Crippen LogP contribution in [0.4, 0.5) is 0 Å². The van der Waals surface area contributed by atoms with Crippen LogP contribution in [0.15, 0.2) is 0 Å². The third-order valence-corrected chi connectivity index (χ3v) is 1.25. The first kappa shape index (κ1) is 7.78. The van der Waals surface area contributed by atoms with E-state index in [1.54, 1.807) is 0 Å². The van der Waals surface area contributed by atoms with Crippen LogP contribution in [0, 0.1) is 0 Å². The van der Waals surface area contributed by atoms with Crippen molar-refractivity contribution in [3.8, 4) is 0 Å². The largest absolute Gasteiger partial charge is 0.772 e. The number of carbonyl (C=O) groups is 1. The molecule has 8 heavy (non-hydrogen) atoms. The summed E-state index contributed by atoms with van der Waals surface area (Å²) in [4.78, 5) is 9.59. The predicted molar refractivity (Wildman–Crippen MR) is 29.1 cm³/mol. The molecule has 0 aromatic heterocycles. The Morgan fingerprint density at radius 1 is 1.62 bits per heavy atom. The molecule has 0 aliphatic carbocycles. The molecule has 48 valence electrons. The second kappa shape index (κ2) is 4.93. The van der Waals surface area contributed by atoms with E-state index >= 15 is 0 Å². The van der Waals surface area contributed by atoms with E-state index in [1.807, 2.05) is 0 Å². The van der Waals surface area contributed by atoms with Crippen LogP contribution >= 0.6 is 0 Å². The fraction of sp³-hybridized carbons (Fsp3) is 0.750. The SMILES string of the molecule is O=CCCCS(=O)[O-]. The molecule has 0 bridgehead atoms. The smallest absolute Gasteiger partial charge is 0.120 e. The van der Waals surface area contributed by atoms with Crippen molar-refractivity contribution in [1.82, 2.24) is 0 Å². The van der Waals surface area contributed by atoms with Crippen molar-refractivity contribution in [2.24, 2.45) is 0 Å². The summed E-state index contributed by atoms with van der Waals surface area (Å²) in [5.41, 5.74) is 0. The van der Waals surface area contributed by atoms with E-state index in [0.717, 1.165) is 0 Å². The Hall–Kier alpha value is -0.220. The van der Waals surface area contributed by atoms with Crippen LogP contribution in [0.2, 0.25) is 0 Å². The van der Waals surface area contributed by atoms with Gasteiger partial charge in [0.2, 0.25) is 0 Å². The Labute approximate surface area is 50.4 Å². The van der Waals surface area contributed by atoms with Crippen molar-refractivity contribution in [1.29, 1.82) is 0 Å². The van der Waals surface area contributed by atoms with Gasteiger partial charge in [-0.15, -0.1) is 0 Å². The summed E-state index contributed by atoms with van der Waals surface area (Å²) in [6.45, 7) is 0. The molecule has 0 spiro atoms. The number of hydrogen-bond acceptors (Lipinski definition) is 3. The second-order valence-electron chi connectivity index (χ2n) is 1.32. The summed E-state index contributed by atoms with van der Waals surface area (Å²) in [5.74, 6) is 0.0960. The molecular formula is C4H7O3S-. The first-order chi connectivity index (χ1) is 3.77. The number of unbranched alkanes of at least 4 members (excludes halogenated alkanes) is 1. The Balaban J connectivity index is 2.93. The monoisotopic (exact) mass is 135 g/mol. The zero-order chi connectivity index (χ0) is 6.41.